The minimum Gasteiger partial charge on any atom is -0.493 e. The van der Waals surface area contributed by atoms with E-state index in [9.17, 15) is 13.9 Å². The van der Waals surface area contributed by atoms with Crippen molar-refractivity contribution in [2.45, 2.75) is 51.0 Å². The summed E-state index contributed by atoms with van der Waals surface area (Å²) in [5.74, 6) is -0.619. The van der Waals surface area contributed by atoms with E-state index >= 15 is 0 Å². The number of ether oxygens (including phenoxy) is 1. The van der Waals surface area contributed by atoms with Gasteiger partial charge in [0.25, 0.3) is 0 Å². The number of halogens is 2. The molecule has 7 heteroatoms. The van der Waals surface area contributed by atoms with Crippen molar-refractivity contribution in [3.8, 4) is 5.75 Å². The molecule has 0 spiro atoms. The number of benzene rings is 1. The Hall–Kier alpha value is -1.57. The highest BCUT2D eigenvalue weighted by molar-refractivity contribution is 7.11. The average Bonchev–Trinajstić information content (AvgIpc) is 3.46. The Labute approximate surface area is 174 Å². The minimum atomic E-state index is -0.912. The van der Waals surface area contributed by atoms with Crippen LogP contribution in [-0.4, -0.2) is 41.2 Å². The molecular formula is C22H28F2N2O2S. The molecule has 4 rings (SSSR count). The van der Waals surface area contributed by atoms with Crippen LogP contribution >= 0.6 is 11.3 Å². The Morgan fingerprint density at radius 1 is 1.24 bits per heavy atom. The zero-order valence-electron chi connectivity index (χ0n) is 16.8. The normalized spacial score (nSPS) is 23.2. The molecule has 29 heavy (non-hydrogen) atoms. The van der Waals surface area contributed by atoms with Crippen LogP contribution in [0, 0.1) is 24.5 Å². The molecule has 1 aliphatic heterocycles. The van der Waals surface area contributed by atoms with E-state index in [1.54, 1.807) is 11.3 Å². The van der Waals surface area contributed by atoms with Crippen LogP contribution in [0.3, 0.4) is 0 Å². The van der Waals surface area contributed by atoms with E-state index in [0.717, 1.165) is 66.0 Å². The number of hydrogen-bond donors (Lipinski definition) is 1. The zero-order valence-corrected chi connectivity index (χ0v) is 17.6. The fraction of sp³-hybridized carbons (Fsp3) is 0.591. The van der Waals surface area contributed by atoms with Crippen LogP contribution in [-0.2, 0) is 12.0 Å². The fourth-order valence-corrected chi connectivity index (χ4v) is 5.11. The first-order valence-electron chi connectivity index (χ1n) is 10.4. The Bertz CT molecular complexity index is 855. The standard InChI is InChI=1S/C22H28F2N2O2S/c1-15-20(7-12-28-17-5-6-18(23)19(24)13-17)29-21(25-15)22(27)8-2-10-26(11-9-22)14-16-3-4-16/h5-6,13,16,27H,2-4,7-12,14H2,1H3/t22-/m1/s1. The summed E-state index contributed by atoms with van der Waals surface area (Å²) in [7, 11) is 0. The molecule has 2 fully saturated rings. The van der Waals surface area contributed by atoms with Crippen LogP contribution in [0.1, 0.15) is 47.7 Å². The summed E-state index contributed by atoms with van der Waals surface area (Å²) in [6, 6.07) is 3.54. The topological polar surface area (TPSA) is 45.6 Å². The molecule has 4 nitrogen and oxygen atoms in total. The van der Waals surface area contributed by atoms with E-state index in [4.69, 9.17) is 4.74 Å². The van der Waals surface area contributed by atoms with Gasteiger partial charge in [0.1, 0.15) is 16.4 Å². The molecule has 0 radical (unpaired) electrons. The van der Waals surface area contributed by atoms with E-state index in [1.165, 1.54) is 25.5 Å². The third kappa shape index (κ3) is 5.13. The molecule has 1 atom stereocenters. The Morgan fingerprint density at radius 2 is 2.07 bits per heavy atom. The van der Waals surface area contributed by atoms with Crippen molar-refractivity contribution in [2.24, 2.45) is 5.92 Å². The van der Waals surface area contributed by atoms with Gasteiger partial charge in [0.2, 0.25) is 0 Å². The molecule has 1 saturated heterocycles. The number of aryl methyl sites for hydroxylation is 1. The number of rotatable bonds is 7. The number of nitrogens with zero attached hydrogens (tertiary/aromatic N) is 2. The van der Waals surface area contributed by atoms with Gasteiger partial charge >= 0.3 is 0 Å². The van der Waals surface area contributed by atoms with Gasteiger partial charge in [-0.2, -0.15) is 0 Å². The molecule has 158 valence electrons. The Morgan fingerprint density at radius 3 is 2.83 bits per heavy atom. The summed E-state index contributed by atoms with van der Waals surface area (Å²) in [5, 5.41) is 12.1. The van der Waals surface area contributed by atoms with Crippen LogP contribution in [0.2, 0.25) is 0 Å². The van der Waals surface area contributed by atoms with Crippen molar-refractivity contribution in [3.05, 3.63) is 45.4 Å². The lowest BCUT2D eigenvalue weighted by Crippen LogP contribution is -2.30. The number of thiazole rings is 1. The second-order valence-electron chi connectivity index (χ2n) is 8.33. The van der Waals surface area contributed by atoms with Crippen molar-refractivity contribution in [1.29, 1.82) is 0 Å². The Balaban J connectivity index is 1.35. The molecule has 0 unspecified atom stereocenters. The minimum absolute atomic E-state index is 0.310. The SMILES string of the molecule is Cc1nc([C@@]2(O)CCCN(CC3CC3)CC2)sc1CCOc1ccc(F)c(F)c1. The third-order valence-corrected chi connectivity index (χ3v) is 7.31. The molecule has 1 saturated carbocycles. The van der Waals surface area contributed by atoms with Crippen LogP contribution in [0.5, 0.6) is 5.75 Å². The summed E-state index contributed by atoms with van der Waals surface area (Å²) in [6.45, 7) is 5.44. The van der Waals surface area contributed by atoms with Gasteiger partial charge in [-0.25, -0.2) is 13.8 Å². The van der Waals surface area contributed by atoms with Crippen molar-refractivity contribution < 1.29 is 18.6 Å². The fourth-order valence-electron chi connectivity index (χ4n) is 3.92. The van der Waals surface area contributed by atoms with E-state index in [2.05, 4.69) is 9.88 Å². The lowest BCUT2D eigenvalue weighted by atomic mass is 9.96. The van der Waals surface area contributed by atoms with Gasteiger partial charge in [0, 0.05) is 30.5 Å². The van der Waals surface area contributed by atoms with Crippen LogP contribution < -0.4 is 4.74 Å². The van der Waals surface area contributed by atoms with E-state index < -0.39 is 17.2 Å². The number of aromatic nitrogens is 1. The second kappa shape index (κ2) is 8.66. The highest BCUT2D eigenvalue weighted by Gasteiger charge is 2.36. The number of aliphatic hydroxyl groups is 1. The summed E-state index contributed by atoms with van der Waals surface area (Å²) >= 11 is 1.55. The molecule has 2 aromatic rings. The van der Waals surface area contributed by atoms with Gasteiger partial charge in [-0.1, -0.05) is 0 Å². The first-order chi connectivity index (χ1) is 13.9. The molecule has 1 aliphatic carbocycles. The smallest absolute Gasteiger partial charge is 0.162 e. The van der Waals surface area contributed by atoms with Gasteiger partial charge in [-0.15, -0.1) is 11.3 Å². The summed E-state index contributed by atoms with van der Waals surface area (Å²) in [4.78, 5) is 8.24. The molecule has 0 bridgehead atoms. The van der Waals surface area contributed by atoms with Gasteiger partial charge in [0.05, 0.1) is 12.3 Å². The van der Waals surface area contributed by atoms with Crippen LogP contribution in [0.25, 0.3) is 0 Å². The predicted molar refractivity (Wildman–Crippen MR) is 109 cm³/mol. The maximum absolute atomic E-state index is 13.3. The second-order valence-corrected chi connectivity index (χ2v) is 9.41. The largest absolute Gasteiger partial charge is 0.493 e. The van der Waals surface area contributed by atoms with Gasteiger partial charge in [0.15, 0.2) is 11.6 Å². The maximum atomic E-state index is 13.3. The molecule has 1 aromatic heterocycles. The quantitative estimate of drug-likeness (QED) is 0.717. The lowest BCUT2D eigenvalue weighted by molar-refractivity contribution is 0.0208. The van der Waals surface area contributed by atoms with E-state index in [1.807, 2.05) is 6.92 Å². The van der Waals surface area contributed by atoms with Crippen molar-refractivity contribution in [2.75, 3.05) is 26.2 Å². The van der Waals surface area contributed by atoms with Crippen LogP contribution in [0.15, 0.2) is 18.2 Å². The molecule has 0 amide bonds. The first kappa shape index (κ1) is 20.7. The highest BCUT2D eigenvalue weighted by atomic mass is 32.1. The third-order valence-electron chi connectivity index (χ3n) is 5.90. The maximum Gasteiger partial charge on any atom is 0.162 e. The predicted octanol–water partition coefficient (Wildman–Crippen LogP) is 4.43. The van der Waals surface area contributed by atoms with E-state index in [-0.39, 0.29) is 0 Å². The highest BCUT2D eigenvalue weighted by Crippen LogP contribution is 2.38. The average molecular weight is 423 g/mol. The van der Waals surface area contributed by atoms with Crippen molar-refractivity contribution in [1.82, 2.24) is 9.88 Å². The monoisotopic (exact) mass is 422 g/mol. The molecule has 2 aliphatic rings. The number of likely N-dealkylation sites (tertiary alicyclic amines) is 1. The zero-order chi connectivity index (χ0) is 20.4. The summed E-state index contributed by atoms with van der Waals surface area (Å²) in [6.07, 6.45) is 5.76. The van der Waals surface area contributed by atoms with E-state index in [0.29, 0.717) is 18.8 Å². The lowest BCUT2D eigenvalue weighted by Gasteiger charge is -2.24. The number of hydrogen-bond acceptors (Lipinski definition) is 5. The van der Waals surface area contributed by atoms with Gasteiger partial charge < -0.3 is 14.7 Å². The van der Waals surface area contributed by atoms with Crippen LogP contribution in [0.4, 0.5) is 8.78 Å². The summed E-state index contributed by atoms with van der Waals surface area (Å²) < 4.78 is 31.9. The molecular weight excluding hydrogens is 394 g/mol. The molecule has 2 heterocycles. The Kier molecular flexibility index (Phi) is 6.18. The summed E-state index contributed by atoms with van der Waals surface area (Å²) in [5.41, 5.74) is 0.0545. The first-order valence-corrected chi connectivity index (χ1v) is 11.2. The molecule has 1 aromatic carbocycles. The van der Waals surface area contributed by atoms with Gasteiger partial charge in [-0.05, 0) is 63.6 Å². The van der Waals surface area contributed by atoms with Gasteiger partial charge in [-0.3, -0.25) is 0 Å². The van der Waals surface area contributed by atoms with Crippen molar-refractivity contribution >= 4 is 11.3 Å². The van der Waals surface area contributed by atoms with Crippen molar-refractivity contribution in [3.63, 3.8) is 0 Å². The molecule has 1 N–H and O–H groups in total.